The highest BCUT2D eigenvalue weighted by Crippen LogP contribution is 2.33. The molecule has 2 unspecified atom stereocenters. The number of hydrogen-bond donors (Lipinski definition) is 2. The van der Waals surface area contributed by atoms with Crippen LogP contribution >= 0.6 is 0 Å². The Morgan fingerprint density at radius 1 is 1.32 bits per heavy atom. The molecule has 1 aromatic carbocycles. The van der Waals surface area contributed by atoms with Gasteiger partial charge >= 0.3 is 0 Å². The molecular weight excluding hydrogens is 236 g/mol. The van der Waals surface area contributed by atoms with E-state index in [0.717, 1.165) is 5.56 Å². The Balaban J connectivity index is 1.94. The van der Waals surface area contributed by atoms with Gasteiger partial charge in [-0.3, -0.25) is 4.79 Å². The van der Waals surface area contributed by atoms with Crippen molar-refractivity contribution in [2.75, 3.05) is 0 Å². The summed E-state index contributed by atoms with van der Waals surface area (Å²) in [5.41, 5.74) is 7.17. The summed E-state index contributed by atoms with van der Waals surface area (Å²) in [5.74, 6) is 1.01. The fraction of sp³-hybridized carbons (Fsp3) is 0.562. The predicted molar refractivity (Wildman–Crippen MR) is 77.5 cm³/mol. The summed E-state index contributed by atoms with van der Waals surface area (Å²) in [6.07, 6.45) is 2.81. The number of nitrogens with one attached hydrogen (secondary N) is 1. The summed E-state index contributed by atoms with van der Waals surface area (Å²) < 4.78 is 0. The van der Waals surface area contributed by atoms with Gasteiger partial charge in [0.2, 0.25) is 5.91 Å². The lowest BCUT2D eigenvalue weighted by atomic mass is 9.95. The Morgan fingerprint density at radius 2 is 1.95 bits per heavy atom. The van der Waals surface area contributed by atoms with Crippen LogP contribution in [0.2, 0.25) is 0 Å². The Morgan fingerprint density at radius 3 is 2.47 bits per heavy atom. The molecule has 1 aromatic rings. The van der Waals surface area contributed by atoms with Crippen molar-refractivity contribution in [1.82, 2.24) is 5.32 Å². The van der Waals surface area contributed by atoms with E-state index in [-0.39, 0.29) is 18.0 Å². The highest BCUT2D eigenvalue weighted by atomic mass is 16.1. The summed E-state index contributed by atoms with van der Waals surface area (Å²) in [5, 5.41) is 3.13. The van der Waals surface area contributed by atoms with Gasteiger partial charge in [0.05, 0.1) is 6.04 Å². The zero-order valence-electron chi connectivity index (χ0n) is 11.8. The zero-order valence-corrected chi connectivity index (χ0v) is 11.8. The Kier molecular flexibility index (Phi) is 4.59. The van der Waals surface area contributed by atoms with Crippen LogP contribution in [0.4, 0.5) is 0 Å². The number of amides is 1. The van der Waals surface area contributed by atoms with E-state index >= 15 is 0 Å². The highest BCUT2D eigenvalue weighted by molar-refractivity contribution is 5.77. The van der Waals surface area contributed by atoms with Crippen molar-refractivity contribution < 1.29 is 4.79 Å². The molecule has 1 aliphatic rings. The second-order valence-corrected chi connectivity index (χ2v) is 5.91. The van der Waals surface area contributed by atoms with Crippen molar-refractivity contribution in [2.24, 2.45) is 17.6 Å². The van der Waals surface area contributed by atoms with Crippen LogP contribution < -0.4 is 11.1 Å². The third kappa shape index (κ3) is 4.06. The average molecular weight is 260 g/mol. The summed E-state index contributed by atoms with van der Waals surface area (Å²) in [6, 6.07) is 10.2. The molecule has 1 saturated carbocycles. The van der Waals surface area contributed by atoms with E-state index in [1.165, 1.54) is 12.8 Å². The maximum atomic E-state index is 12.1. The third-order valence-electron chi connectivity index (χ3n) is 3.79. The lowest BCUT2D eigenvalue weighted by Gasteiger charge is -2.23. The first kappa shape index (κ1) is 14.1. The van der Waals surface area contributed by atoms with E-state index in [1.807, 2.05) is 18.2 Å². The van der Waals surface area contributed by atoms with E-state index in [1.54, 1.807) is 0 Å². The molecule has 1 amide bonds. The van der Waals surface area contributed by atoms with Crippen molar-refractivity contribution in [1.29, 1.82) is 0 Å². The molecule has 0 heterocycles. The molecule has 0 spiro atoms. The maximum absolute atomic E-state index is 12.1. The summed E-state index contributed by atoms with van der Waals surface area (Å²) in [4.78, 5) is 12.1. The number of carbonyl (C=O) groups is 1. The number of hydrogen-bond acceptors (Lipinski definition) is 2. The number of carbonyl (C=O) groups excluding carboxylic acids is 1. The molecule has 0 radical (unpaired) electrons. The summed E-state index contributed by atoms with van der Waals surface area (Å²) in [6.45, 7) is 4.25. The molecule has 1 fully saturated rings. The van der Waals surface area contributed by atoms with Crippen molar-refractivity contribution in [3.05, 3.63) is 35.9 Å². The van der Waals surface area contributed by atoms with Gasteiger partial charge in [-0.05, 0) is 30.2 Å². The molecule has 104 valence electrons. The Hall–Kier alpha value is -1.35. The lowest BCUT2D eigenvalue weighted by Crippen LogP contribution is -2.36. The van der Waals surface area contributed by atoms with Gasteiger partial charge in [-0.15, -0.1) is 0 Å². The highest BCUT2D eigenvalue weighted by Gasteiger charge is 2.30. The largest absolute Gasteiger partial charge is 0.349 e. The normalized spacial score (nSPS) is 18.1. The molecule has 2 atom stereocenters. The second kappa shape index (κ2) is 6.20. The van der Waals surface area contributed by atoms with Gasteiger partial charge in [0, 0.05) is 12.5 Å². The minimum atomic E-state index is 0.0311. The molecule has 0 aromatic heterocycles. The molecule has 0 saturated heterocycles. The van der Waals surface area contributed by atoms with Gasteiger partial charge in [-0.25, -0.2) is 0 Å². The Labute approximate surface area is 115 Å². The van der Waals surface area contributed by atoms with Gasteiger partial charge in [-0.2, -0.15) is 0 Å². The van der Waals surface area contributed by atoms with E-state index in [2.05, 4.69) is 31.3 Å². The van der Waals surface area contributed by atoms with Gasteiger partial charge in [-0.1, -0.05) is 44.2 Å². The number of benzene rings is 1. The quantitative estimate of drug-likeness (QED) is 0.826. The van der Waals surface area contributed by atoms with Crippen LogP contribution in [0.5, 0.6) is 0 Å². The van der Waals surface area contributed by atoms with Crippen LogP contribution in [-0.4, -0.2) is 11.9 Å². The van der Waals surface area contributed by atoms with Crippen molar-refractivity contribution in [2.45, 2.75) is 45.2 Å². The SMILES string of the molecule is CC(C)C(NC(=O)CC(N)C1CC1)c1ccccc1. The average Bonchev–Trinajstić information content (AvgIpc) is 3.21. The molecule has 1 aliphatic carbocycles. The molecule has 2 rings (SSSR count). The molecule has 3 heteroatoms. The van der Waals surface area contributed by atoms with Crippen molar-refractivity contribution in [3.63, 3.8) is 0 Å². The number of rotatable bonds is 6. The standard InChI is InChI=1S/C16H24N2O/c1-11(2)16(13-6-4-3-5-7-13)18-15(19)10-14(17)12-8-9-12/h3-7,11-12,14,16H,8-10,17H2,1-2H3,(H,18,19). The van der Waals surface area contributed by atoms with E-state index in [9.17, 15) is 4.79 Å². The first-order valence-corrected chi connectivity index (χ1v) is 7.18. The van der Waals surface area contributed by atoms with Crippen LogP contribution in [-0.2, 0) is 4.79 Å². The first-order valence-electron chi connectivity index (χ1n) is 7.18. The molecule has 0 bridgehead atoms. The monoisotopic (exact) mass is 260 g/mol. The van der Waals surface area contributed by atoms with E-state index in [0.29, 0.717) is 18.3 Å². The van der Waals surface area contributed by atoms with Crippen molar-refractivity contribution in [3.8, 4) is 0 Å². The molecule has 3 N–H and O–H groups in total. The Bertz CT molecular complexity index is 412. The fourth-order valence-electron chi connectivity index (χ4n) is 2.43. The summed E-state index contributed by atoms with van der Waals surface area (Å²) >= 11 is 0. The molecular formula is C16H24N2O. The number of nitrogens with two attached hydrogens (primary N) is 1. The van der Waals surface area contributed by atoms with Gasteiger partial charge in [0.15, 0.2) is 0 Å². The fourth-order valence-corrected chi connectivity index (χ4v) is 2.43. The van der Waals surface area contributed by atoms with Crippen LogP contribution in [0.15, 0.2) is 30.3 Å². The molecule has 3 nitrogen and oxygen atoms in total. The van der Waals surface area contributed by atoms with Gasteiger partial charge in [0.1, 0.15) is 0 Å². The first-order chi connectivity index (χ1) is 9.08. The smallest absolute Gasteiger partial charge is 0.222 e. The van der Waals surface area contributed by atoms with Gasteiger partial charge < -0.3 is 11.1 Å². The van der Waals surface area contributed by atoms with Gasteiger partial charge in [0.25, 0.3) is 0 Å². The minimum absolute atomic E-state index is 0.0311. The topological polar surface area (TPSA) is 55.1 Å². The van der Waals surface area contributed by atoms with Crippen LogP contribution in [0.1, 0.15) is 44.7 Å². The van der Waals surface area contributed by atoms with Crippen LogP contribution in [0, 0.1) is 11.8 Å². The second-order valence-electron chi connectivity index (χ2n) is 5.91. The lowest BCUT2D eigenvalue weighted by molar-refractivity contribution is -0.122. The maximum Gasteiger partial charge on any atom is 0.222 e. The van der Waals surface area contributed by atoms with Crippen LogP contribution in [0.3, 0.4) is 0 Å². The molecule has 0 aliphatic heterocycles. The summed E-state index contributed by atoms with van der Waals surface area (Å²) in [7, 11) is 0. The third-order valence-corrected chi connectivity index (χ3v) is 3.79. The van der Waals surface area contributed by atoms with Crippen molar-refractivity contribution >= 4 is 5.91 Å². The molecule has 19 heavy (non-hydrogen) atoms. The predicted octanol–water partition coefficient (Wildman–Crippen LogP) is 2.63. The van der Waals surface area contributed by atoms with Crippen LogP contribution in [0.25, 0.3) is 0 Å². The van der Waals surface area contributed by atoms with E-state index < -0.39 is 0 Å². The van der Waals surface area contributed by atoms with E-state index in [4.69, 9.17) is 5.73 Å². The minimum Gasteiger partial charge on any atom is -0.349 e. The zero-order chi connectivity index (χ0) is 13.8.